The Hall–Kier alpha value is -4.30. The fourth-order valence-electron chi connectivity index (χ4n) is 7.11. The Kier molecular flexibility index (Phi) is 25.6. The fourth-order valence-corrected chi connectivity index (χ4v) is 8.34. The minimum atomic E-state index is -1.80. The highest BCUT2D eigenvalue weighted by Gasteiger charge is 2.47. The average molecular weight is 942 g/mol. The molecule has 1 unspecified atom stereocenters. The number of rotatable bonds is 27. The van der Waals surface area contributed by atoms with Gasteiger partial charge in [0, 0.05) is 52.2 Å². The highest BCUT2D eigenvalue weighted by atomic mass is 32.2. The molecule has 0 aliphatic rings. The SMILES string of the molecule is CCCC(=O)N(C)[C@H](CSC(C)(C)[C@@H](N)C(=O)OC)C(=O)N(C)[C@@](C=O)(CC(C)C)N[C@@H](C(=O)N(C)[C@@H](CC(C)C)C(=O)NC(=O)C(C)NC(=O)N(C)[C@@H](CC(C)C)C(=O)NC)C(C)C. The van der Waals surface area contributed by atoms with Crippen molar-refractivity contribution in [3.05, 3.63) is 0 Å². The largest absolute Gasteiger partial charge is 0.468 e. The number of likely N-dealkylation sites (N-methyl/N-ethyl adjacent to an activating group) is 5. The second-order valence-electron chi connectivity index (χ2n) is 19.1. The molecule has 8 amide bonds. The summed E-state index contributed by atoms with van der Waals surface area (Å²) in [6.45, 7) is 21.4. The second-order valence-corrected chi connectivity index (χ2v) is 20.8. The number of nitrogens with one attached hydrogen (secondary N) is 4. The summed E-state index contributed by atoms with van der Waals surface area (Å²) < 4.78 is 3.92. The van der Waals surface area contributed by atoms with Crippen LogP contribution in [0.2, 0.25) is 0 Å². The van der Waals surface area contributed by atoms with E-state index < -0.39 is 88.2 Å². The topological polar surface area (TPSA) is 250 Å². The normalized spacial score (nSPS) is 15.4. The Balaban J connectivity index is 6.91. The van der Waals surface area contributed by atoms with E-state index in [1.807, 2.05) is 48.5 Å². The number of amides is 8. The highest BCUT2D eigenvalue weighted by molar-refractivity contribution is 8.00. The molecule has 0 bridgehead atoms. The molecule has 0 rings (SSSR count). The van der Waals surface area contributed by atoms with Crippen molar-refractivity contribution in [2.45, 2.75) is 162 Å². The first-order valence-electron chi connectivity index (χ1n) is 22.5. The van der Waals surface area contributed by atoms with Crippen molar-refractivity contribution in [3.8, 4) is 0 Å². The van der Waals surface area contributed by atoms with Crippen molar-refractivity contribution >= 4 is 65.5 Å². The van der Waals surface area contributed by atoms with Gasteiger partial charge in [-0.15, -0.1) is 0 Å². The molecule has 0 heterocycles. The van der Waals surface area contributed by atoms with Crippen LogP contribution in [-0.2, 0) is 43.1 Å². The van der Waals surface area contributed by atoms with Crippen molar-refractivity contribution < 1.29 is 47.9 Å². The summed E-state index contributed by atoms with van der Waals surface area (Å²) in [5, 5.41) is 10.7. The maximum Gasteiger partial charge on any atom is 0.324 e. The Labute approximate surface area is 392 Å². The van der Waals surface area contributed by atoms with E-state index in [2.05, 4.69) is 21.3 Å². The van der Waals surface area contributed by atoms with E-state index in [0.717, 1.165) is 0 Å². The van der Waals surface area contributed by atoms with Crippen LogP contribution in [0.4, 0.5) is 4.79 Å². The van der Waals surface area contributed by atoms with E-state index >= 15 is 0 Å². The summed E-state index contributed by atoms with van der Waals surface area (Å²) in [7, 11) is 8.49. The van der Waals surface area contributed by atoms with Gasteiger partial charge in [-0.3, -0.25) is 49.0 Å². The molecule has 0 aromatic heterocycles. The van der Waals surface area contributed by atoms with Crippen LogP contribution in [0.25, 0.3) is 0 Å². The molecule has 374 valence electrons. The van der Waals surface area contributed by atoms with E-state index in [-0.39, 0.29) is 54.6 Å². The lowest BCUT2D eigenvalue weighted by Crippen LogP contribution is -2.69. The number of imide groups is 1. The maximum atomic E-state index is 14.8. The summed E-state index contributed by atoms with van der Waals surface area (Å²) in [4.78, 5) is 127. The minimum Gasteiger partial charge on any atom is -0.468 e. The van der Waals surface area contributed by atoms with Gasteiger partial charge in [-0.25, -0.2) is 4.79 Å². The zero-order chi connectivity index (χ0) is 50.9. The van der Waals surface area contributed by atoms with Crippen LogP contribution in [0, 0.1) is 23.7 Å². The quantitative estimate of drug-likeness (QED) is 0.0452. The molecular formula is C45H83N9O10S. The van der Waals surface area contributed by atoms with Gasteiger partial charge in [-0.2, -0.15) is 11.8 Å². The van der Waals surface area contributed by atoms with Crippen LogP contribution in [0.15, 0.2) is 0 Å². The van der Waals surface area contributed by atoms with Crippen molar-refractivity contribution in [1.82, 2.24) is 40.9 Å². The molecule has 19 nitrogen and oxygen atoms in total. The molecule has 65 heavy (non-hydrogen) atoms. The zero-order valence-corrected chi connectivity index (χ0v) is 43.3. The third-order valence-electron chi connectivity index (χ3n) is 11.4. The third kappa shape index (κ3) is 17.8. The molecule has 0 aromatic carbocycles. The molecule has 0 aliphatic carbocycles. The molecule has 6 N–H and O–H groups in total. The number of urea groups is 1. The van der Waals surface area contributed by atoms with Crippen LogP contribution in [0.3, 0.4) is 0 Å². The number of hydrogen-bond donors (Lipinski definition) is 5. The molecule has 20 heteroatoms. The smallest absolute Gasteiger partial charge is 0.324 e. The predicted octanol–water partition coefficient (Wildman–Crippen LogP) is 2.35. The van der Waals surface area contributed by atoms with Crippen LogP contribution in [0.5, 0.6) is 0 Å². The summed E-state index contributed by atoms with van der Waals surface area (Å²) in [6.07, 6.45) is 1.80. The number of esters is 1. The maximum absolute atomic E-state index is 14.8. The lowest BCUT2D eigenvalue weighted by molar-refractivity contribution is -0.153. The van der Waals surface area contributed by atoms with Crippen LogP contribution in [-0.4, -0.2) is 168 Å². The lowest BCUT2D eigenvalue weighted by Gasteiger charge is -2.45. The van der Waals surface area contributed by atoms with Gasteiger partial charge in [0.15, 0.2) is 11.9 Å². The van der Waals surface area contributed by atoms with Crippen LogP contribution < -0.4 is 27.0 Å². The molecule has 0 aliphatic heterocycles. The summed E-state index contributed by atoms with van der Waals surface area (Å²) in [6, 6.07) is -7.25. The molecule has 0 spiro atoms. The standard InChI is InChI=1S/C45H83N9O10S/c1-19-20-34(56)51(14)33(24-65-44(11,12)36(46)42(62)64-18)40(60)54(17)45(25-55,23-28(6)7)50-35(29(8)9)41(61)52(15)32(22-27(4)5)39(59)49-37(57)30(10)48-43(63)53(16)31(21-26(2)3)38(58)47-13/h25-33,35-36,50H,19-24,46H2,1-18H3,(H,47,58)(H,48,63)(H,49,57,59)/t30?,31-,32-,33+,35+,36-,45+/m0/s1. The van der Waals surface area contributed by atoms with Crippen molar-refractivity contribution in [2.75, 3.05) is 48.1 Å². The molecule has 7 atom stereocenters. The van der Waals surface area contributed by atoms with Gasteiger partial charge in [0.2, 0.25) is 35.4 Å². The number of carbonyl (C=O) groups is 9. The van der Waals surface area contributed by atoms with Crippen LogP contribution in [0.1, 0.15) is 115 Å². The van der Waals surface area contributed by atoms with Gasteiger partial charge >= 0.3 is 12.0 Å². The van der Waals surface area contributed by atoms with E-state index in [9.17, 15) is 43.2 Å². The molecule has 0 aromatic rings. The van der Waals surface area contributed by atoms with Crippen molar-refractivity contribution in [3.63, 3.8) is 0 Å². The number of thioether (sulfide) groups is 1. The van der Waals surface area contributed by atoms with Gasteiger partial charge in [0.25, 0.3) is 0 Å². The summed E-state index contributed by atoms with van der Waals surface area (Å²) >= 11 is 1.20. The predicted molar refractivity (Wildman–Crippen MR) is 253 cm³/mol. The number of hydrogen-bond acceptors (Lipinski definition) is 13. The number of nitrogens with zero attached hydrogens (tertiary/aromatic N) is 4. The van der Waals surface area contributed by atoms with Gasteiger partial charge in [0.1, 0.15) is 30.2 Å². The van der Waals surface area contributed by atoms with E-state index in [0.29, 0.717) is 19.1 Å². The molecule has 0 saturated carbocycles. The fraction of sp³-hybridized carbons (Fsp3) is 0.800. The summed E-state index contributed by atoms with van der Waals surface area (Å²) in [5.74, 6) is -4.95. The van der Waals surface area contributed by atoms with Gasteiger partial charge in [-0.1, -0.05) is 62.3 Å². The van der Waals surface area contributed by atoms with Gasteiger partial charge in [-0.05, 0) is 70.1 Å². The third-order valence-corrected chi connectivity index (χ3v) is 12.9. The van der Waals surface area contributed by atoms with E-state index in [1.54, 1.807) is 27.7 Å². The monoisotopic (exact) mass is 942 g/mol. The van der Waals surface area contributed by atoms with Crippen LogP contribution >= 0.6 is 11.8 Å². The highest BCUT2D eigenvalue weighted by Crippen LogP contribution is 2.31. The Morgan fingerprint density at radius 1 is 0.738 bits per heavy atom. The van der Waals surface area contributed by atoms with E-state index in [4.69, 9.17) is 10.5 Å². The number of ether oxygens (including phenoxy) is 1. The van der Waals surface area contributed by atoms with Gasteiger partial charge in [0.05, 0.1) is 13.2 Å². The number of carbonyl (C=O) groups excluding carboxylic acids is 9. The second kappa shape index (κ2) is 27.4. The van der Waals surface area contributed by atoms with E-state index in [1.165, 1.54) is 80.6 Å². The number of nitrogens with two attached hydrogens (primary N) is 1. The number of methoxy groups -OCH3 is 1. The average Bonchev–Trinajstić information content (AvgIpc) is 3.23. The lowest BCUT2D eigenvalue weighted by atomic mass is 9.92. The molecular weight excluding hydrogens is 859 g/mol. The Bertz CT molecular complexity index is 1640. The Morgan fingerprint density at radius 3 is 1.69 bits per heavy atom. The number of aldehydes is 1. The first kappa shape index (κ1) is 60.7. The van der Waals surface area contributed by atoms with Crippen molar-refractivity contribution in [2.24, 2.45) is 29.4 Å². The minimum absolute atomic E-state index is 0.00289. The zero-order valence-electron chi connectivity index (χ0n) is 42.5. The van der Waals surface area contributed by atoms with Crippen molar-refractivity contribution in [1.29, 1.82) is 0 Å². The molecule has 0 fully saturated rings. The Morgan fingerprint density at radius 2 is 1.26 bits per heavy atom. The first-order valence-corrected chi connectivity index (χ1v) is 23.5. The molecule has 0 radical (unpaired) electrons. The summed E-state index contributed by atoms with van der Waals surface area (Å²) in [5.41, 5.74) is 4.42. The first-order chi connectivity index (χ1) is 29.9. The molecule has 0 saturated heterocycles. The van der Waals surface area contributed by atoms with Gasteiger partial charge < -0.3 is 40.7 Å².